The summed E-state index contributed by atoms with van der Waals surface area (Å²) in [6, 6.07) is 5.75. The van der Waals surface area contributed by atoms with Crippen molar-refractivity contribution in [3.8, 4) is 0 Å². The number of hydrogen-bond donors (Lipinski definition) is 2. The van der Waals surface area contributed by atoms with Gasteiger partial charge in [-0.2, -0.15) is 0 Å². The lowest BCUT2D eigenvalue weighted by atomic mass is 10.0. The van der Waals surface area contributed by atoms with E-state index in [-0.39, 0.29) is 29.6 Å². The van der Waals surface area contributed by atoms with E-state index in [0.29, 0.717) is 12.0 Å². The Morgan fingerprint density at radius 3 is 2.52 bits per heavy atom. The monoisotopic (exact) mass is 313 g/mol. The summed E-state index contributed by atoms with van der Waals surface area (Å²) in [6.45, 7) is 3.22. The molecule has 0 spiro atoms. The molecule has 0 saturated carbocycles. The standard InChI is InChI=1S/C14H19NO5S/c1-3-11(7-14(17)18)9-15-21(19,20)13-6-4-5-12(8-13)10(2)16/h4-6,8,11,15H,3,7,9H2,1-2H3,(H,17,18). The number of ketones is 1. The molecule has 0 saturated heterocycles. The number of sulfonamides is 1. The van der Waals surface area contributed by atoms with Crippen molar-refractivity contribution < 1.29 is 23.1 Å². The molecular weight excluding hydrogens is 294 g/mol. The van der Waals surface area contributed by atoms with Crippen LogP contribution in [-0.2, 0) is 14.8 Å². The number of carbonyl (C=O) groups is 2. The lowest BCUT2D eigenvalue weighted by Gasteiger charge is -2.14. The van der Waals surface area contributed by atoms with E-state index in [2.05, 4.69) is 4.72 Å². The highest BCUT2D eigenvalue weighted by atomic mass is 32.2. The molecule has 1 unspecified atom stereocenters. The van der Waals surface area contributed by atoms with E-state index in [1.165, 1.54) is 25.1 Å². The molecule has 0 amide bonds. The third-order valence-corrected chi connectivity index (χ3v) is 4.57. The molecule has 0 radical (unpaired) electrons. The second kappa shape index (κ2) is 7.33. The van der Waals surface area contributed by atoms with Crippen LogP contribution in [0.15, 0.2) is 29.2 Å². The molecule has 0 heterocycles. The molecule has 0 aliphatic rings. The highest BCUT2D eigenvalue weighted by molar-refractivity contribution is 7.89. The van der Waals surface area contributed by atoms with Crippen LogP contribution in [0.2, 0.25) is 0 Å². The van der Waals surface area contributed by atoms with E-state index in [1.54, 1.807) is 13.0 Å². The van der Waals surface area contributed by atoms with Crippen LogP contribution in [-0.4, -0.2) is 31.8 Å². The van der Waals surface area contributed by atoms with Crippen LogP contribution in [0, 0.1) is 5.92 Å². The van der Waals surface area contributed by atoms with Gasteiger partial charge in [-0.15, -0.1) is 0 Å². The maximum absolute atomic E-state index is 12.1. The Kier molecular flexibility index (Phi) is 6.04. The number of aliphatic carboxylic acids is 1. The molecule has 0 aromatic heterocycles. The Bertz CT molecular complexity index is 624. The van der Waals surface area contributed by atoms with Crippen molar-refractivity contribution in [1.82, 2.24) is 4.72 Å². The first kappa shape index (κ1) is 17.3. The molecule has 0 aliphatic carbocycles. The van der Waals surface area contributed by atoms with Gasteiger partial charge in [-0.25, -0.2) is 13.1 Å². The fraction of sp³-hybridized carbons (Fsp3) is 0.429. The van der Waals surface area contributed by atoms with Crippen LogP contribution in [0.3, 0.4) is 0 Å². The zero-order valence-corrected chi connectivity index (χ0v) is 12.8. The number of hydrogen-bond acceptors (Lipinski definition) is 4. The summed E-state index contributed by atoms with van der Waals surface area (Å²) in [4.78, 5) is 21.9. The molecule has 0 fully saturated rings. The Hall–Kier alpha value is -1.73. The van der Waals surface area contributed by atoms with Crippen molar-refractivity contribution in [2.75, 3.05) is 6.54 Å². The Morgan fingerprint density at radius 1 is 1.33 bits per heavy atom. The molecule has 6 nitrogen and oxygen atoms in total. The molecule has 21 heavy (non-hydrogen) atoms. The maximum atomic E-state index is 12.1. The number of benzene rings is 1. The summed E-state index contributed by atoms with van der Waals surface area (Å²) < 4.78 is 26.7. The van der Waals surface area contributed by atoms with E-state index < -0.39 is 16.0 Å². The van der Waals surface area contributed by atoms with Crippen LogP contribution in [0.25, 0.3) is 0 Å². The SMILES string of the molecule is CCC(CNS(=O)(=O)c1cccc(C(C)=O)c1)CC(=O)O. The molecule has 7 heteroatoms. The summed E-state index contributed by atoms with van der Waals surface area (Å²) in [7, 11) is -3.75. The number of rotatable bonds is 8. The zero-order valence-electron chi connectivity index (χ0n) is 12.0. The van der Waals surface area contributed by atoms with Gasteiger partial charge in [0, 0.05) is 18.5 Å². The molecule has 2 N–H and O–H groups in total. The van der Waals surface area contributed by atoms with Gasteiger partial charge in [0.25, 0.3) is 0 Å². The lowest BCUT2D eigenvalue weighted by Crippen LogP contribution is -2.30. The van der Waals surface area contributed by atoms with Gasteiger partial charge in [0.05, 0.1) is 4.90 Å². The molecule has 1 rings (SSSR count). The third-order valence-electron chi connectivity index (χ3n) is 3.15. The normalized spacial score (nSPS) is 12.9. The van der Waals surface area contributed by atoms with Crippen molar-refractivity contribution >= 4 is 21.8 Å². The van der Waals surface area contributed by atoms with Crippen molar-refractivity contribution in [1.29, 1.82) is 0 Å². The molecule has 0 aliphatic heterocycles. The predicted octanol–water partition coefficient (Wildman–Crippen LogP) is 1.67. The number of nitrogens with one attached hydrogen (secondary N) is 1. The zero-order chi connectivity index (χ0) is 16.0. The molecule has 1 aromatic rings. The topological polar surface area (TPSA) is 101 Å². The number of Topliss-reactive ketones (excluding diaryl/α,β-unsaturated/α-hetero) is 1. The second-order valence-electron chi connectivity index (χ2n) is 4.81. The van der Waals surface area contributed by atoms with Gasteiger partial charge in [0.15, 0.2) is 5.78 Å². The first-order valence-electron chi connectivity index (χ1n) is 6.58. The molecular formula is C14H19NO5S. The van der Waals surface area contributed by atoms with E-state index in [9.17, 15) is 18.0 Å². The summed E-state index contributed by atoms with van der Waals surface area (Å²) in [5.74, 6) is -1.45. The number of carbonyl (C=O) groups excluding carboxylic acids is 1. The minimum atomic E-state index is -3.75. The molecule has 1 atom stereocenters. The maximum Gasteiger partial charge on any atom is 0.303 e. The van der Waals surface area contributed by atoms with Crippen LogP contribution >= 0.6 is 0 Å². The lowest BCUT2D eigenvalue weighted by molar-refractivity contribution is -0.138. The minimum absolute atomic E-state index is 0.000350. The van der Waals surface area contributed by atoms with E-state index >= 15 is 0 Å². The molecule has 0 bridgehead atoms. The Labute approximate surface area is 124 Å². The van der Waals surface area contributed by atoms with E-state index in [0.717, 1.165) is 0 Å². The summed E-state index contributed by atoms with van der Waals surface area (Å²) >= 11 is 0. The van der Waals surface area contributed by atoms with Crippen LogP contribution in [0.1, 0.15) is 37.0 Å². The van der Waals surface area contributed by atoms with Gasteiger partial charge in [-0.3, -0.25) is 9.59 Å². The van der Waals surface area contributed by atoms with Crippen molar-refractivity contribution in [2.45, 2.75) is 31.6 Å². The first-order chi connectivity index (χ1) is 9.76. The van der Waals surface area contributed by atoms with Crippen molar-refractivity contribution in [2.24, 2.45) is 5.92 Å². The Morgan fingerprint density at radius 2 is 2.00 bits per heavy atom. The highest BCUT2D eigenvalue weighted by Gasteiger charge is 2.18. The smallest absolute Gasteiger partial charge is 0.303 e. The minimum Gasteiger partial charge on any atom is -0.481 e. The second-order valence-corrected chi connectivity index (χ2v) is 6.58. The fourth-order valence-electron chi connectivity index (χ4n) is 1.80. The average Bonchev–Trinajstić information content (AvgIpc) is 2.43. The van der Waals surface area contributed by atoms with Crippen LogP contribution in [0.5, 0.6) is 0 Å². The van der Waals surface area contributed by atoms with Gasteiger partial charge < -0.3 is 5.11 Å². The number of carboxylic acids is 1. The van der Waals surface area contributed by atoms with E-state index in [1.807, 2.05) is 0 Å². The summed E-state index contributed by atoms with van der Waals surface area (Å²) in [5.41, 5.74) is 0.315. The average molecular weight is 313 g/mol. The van der Waals surface area contributed by atoms with Gasteiger partial charge in [0.2, 0.25) is 10.0 Å². The van der Waals surface area contributed by atoms with E-state index in [4.69, 9.17) is 5.11 Å². The number of carboxylic acid groups (broad SMARTS) is 1. The fourth-order valence-corrected chi connectivity index (χ4v) is 2.96. The van der Waals surface area contributed by atoms with Crippen LogP contribution in [0.4, 0.5) is 0 Å². The van der Waals surface area contributed by atoms with Gasteiger partial charge in [0.1, 0.15) is 0 Å². The molecule has 1 aromatic carbocycles. The third kappa shape index (κ3) is 5.28. The molecule has 116 valence electrons. The quantitative estimate of drug-likeness (QED) is 0.711. The predicted molar refractivity (Wildman–Crippen MR) is 77.7 cm³/mol. The van der Waals surface area contributed by atoms with Crippen molar-refractivity contribution in [3.05, 3.63) is 29.8 Å². The first-order valence-corrected chi connectivity index (χ1v) is 8.07. The summed E-state index contributed by atoms with van der Waals surface area (Å²) in [5, 5.41) is 8.74. The van der Waals surface area contributed by atoms with Gasteiger partial charge >= 0.3 is 5.97 Å². The van der Waals surface area contributed by atoms with Gasteiger partial charge in [-0.1, -0.05) is 25.5 Å². The van der Waals surface area contributed by atoms with Crippen LogP contribution < -0.4 is 4.72 Å². The van der Waals surface area contributed by atoms with Gasteiger partial charge in [-0.05, 0) is 25.0 Å². The van der Waals surface area contributed by atoms with Crippen molar-refractivity contribution in [3.63, 3.8) is 0 Å². The summed E-state index contributed by atoms with van der Waals surface area (Å²) in [6.07, 6.45) is 0.467. The largest absolute Gasteiger partial charge is 0.481 e. The highest BCUT2D eigenvalue weighted by Crippen LogP contribution is 2.14. The Balaban J connectivity index is 2.84.